The molecule has 14 heavy (non-hydrogen) atoms. The van der Waals surface area contributed by atoms with Gasteiger partial charge in [-0.1, -0.05) is 17.2 Å². The Balaban J connectivity index is 2.27. The highest BCUT2D eigenvalue weighted by Gasteiger charge is 2.04. The number of nitrogens with zero attached hydrogens (tertiary/aromatic N) is 3. The van der Waals surface area contributed by atoms with Gasteiger partial charge in [0.05, 0.1) is 6.54 Å². The van der Waals surface area contributed by atoms with E-state index < -0.39 is 0 Å². The molecular weight excluding hydrogens is 216 g/mol. The van der Waals surface area contributed by atoms with E-state index in [0.29, 0.717) is 4.77 Å². The summed E-state index contributed by atoms with van der Waals surface area (Å²) in [6.07, 6.45) is 1.05. The van der Waals surface area contributed by atoms with Crippen molar-refractivity contribution < 1.29 is 0 Å². The number of hydrogen-bond donors (Lipinski definition) is 1. The molecule has 4 nitrogen and oxygen atoms in total. The molecule has 0 saturated carbocycles. The fourth-order valence-corrected chi connectivity index (χ4v) is 2.39. The van der Waals surface area contributed by atoms with Crippen LogP contribution < -0.4 is 0 Å². The first-order chi connectivity index (χ1) is 6.81. The summed E-state index contributed by atoms with van der Waals surface area (Å²) in [5, 5.41) is 12.2. The number of aromatic nitrogens is 4. The van der Waals surface area contributed by atoms with Gasteiger partial charge < -0.3 is 0 Å². The molecule has 2 aromatic heterocycles. The zero-order valence-corrected chi connectivity index (χ0v) is 9.36. The number of H-pyrrole nitrogens is 1. The summed E-state index contributed by atoms with van der Waals surface area (Å²) in [4.78, 5) is 1.31. The molecule has 0 aromatic carbocycles. The van der Waals surface area contributed by atoms with E-state index in [4.69, 9.17) is 12.2 Å². The van der Waals surface area contributed by atoms with Gasteiger partial charge in [-0.25, -0.2) is 4.68 Å². The van der Waals surface area contributed by atoms with E-state index in [1.807, 2.05) is 0 Å². The van der Waals surface area contributed by atoms with Crippen LogP contribution in [0.1, 0.15) is 17.4 Å². The number of rotatable bonds is 3. The minimum atomic E-state index is 0.500. The first-order valence-corrected chi connectivity index (χ1v) is 5.63. The summed E-state index contributed by atoms with van der Waals surface area (Å²) in [6, 6.07) is 2.15. The van der Waals surface area contributed by atoms with Crippen LogP contribution in [0.25, 0.3) is 0 Å². The third-order valence-electron chi connectivity index (χ3n) is 2.05. The molecule has 0 radical (unpaired) electrons. The average molecular weight is 226 g/mol. The van der Waals surface area contributed by atoms with Gasteiger partial charge in [0.2, 0.25) is 4.77 Å². The van der Waals surface area contributed by atoms with Gasteiger partial charge in [0, 0.05) is 4.88 Å². The number of aromatic amines is 1. The number of thiophene rings is 1. The molecule has 6 heteroatoms. The molecule has 0 amide bonds. The quantitative estimate of drug-likeness (QED) is 0.814. The topological polar surface area (TPSA) is 46.5 Å². The Hall–Kier alpha value is -1.01. The van der Waals surface area contributed by atoms with E-state index in [-0.39, 0.29) is 0 Å². The van der Waals surface area contributed by atoms with Crippen molar-refractivity contribution in [3.8, 4) is 0 Å². The van der Waals surface area contributed by atoms with E-state index in [0.717, 1.165) is 13.0 Å². The first-order valence-electron chi connectivity index (χ1n) is 4.34. The maximum Gasteiger partial charge on any atom is 0.238 e. The number of nitrogens with one attached hydrogen (secondary N) is 1. The average Bonchev–Trinajstić information content (AvgIpc) is 2.77. The molecule has 0 unspecified atom stereocenters. The van der Waals surface area contributed by atoms with Crippen molar-refractivity contribution in [2.24, 2.45) is 0 Å². The molecule has 0 aliphatic carbocycles. The van der Waals surface area contributed by atoms with Gasteiger partial charge in [0.15, 0.2) is 0 Å². The van der Waals surface area contributed by atoms with Gasteiger partial charge in [-0.3, -0.25) is 0 Å². The van der Waals surface area contributed by atoms with E-state index >= 15 is 0 Å². The minimum absolute atomic E-state index is 0.500. The van der Waals surface area contributed by atoms with Crippen molar-refractivity contribution in [1.29, 1.82) is 0 Å². The molecule has 0 bridgehead atoms. The van der Waals surface area contributed by atoms with E-state index in [9.17, 15) is 0 Å². The first kappa shape index (κ1) is 9.54. The predicted molar refractivity (Wildman–Crippen MR) is 58.0 cm³/mol. The summed E-state index contributed by atoms with van der Waals surface area (Å²) >= 11 is 6.74. The van der Waals surface area contributed by atoms with E-state index in [2.05, 4.69) is 33.9 Å². The van der Waals surface area contributed by atoms with Crippen LogP contribution in [0, 0.1) is 4.77 Å². The lowest BCUT2D eigenvalue weighted by molar-refractivity contribution is 0.645. The summed E-state index contributed by atoms with van der Waals surface area (Å²) in [5.41, 5.74) is 1.37. The Morgan fingerprint density at radius 2 is 2.50 bits per heavy atom. The summed E-state index contributed by atoms with van der Waals surface area (Å²) in [7, 11) is 0. The summed E-state index contributed by atoms with van der Waals surface area (Å²) in [6.45, 7) is 2.89. The molecule has 0 atom stereocenters. The molecule has 0 fully saturated rings. The van der Waals surface area contributed by atoms with Crippen LogP contribution in [0.5, 0.6) is 0 Å². The molecular formula is C8H10N4S2. The van der Waals surface area contributed by atoms with Crippen LogP contribution in [0.2, 0.25) is 0 Å². The Labute approximate surface area is 90.6 Å². The monoisotopic (exact) mass is 226 g/mol. The lowest BCUT2D eigenvalue weighted by atomic mass is 10.2. The van der Waals surface area contributed by atoms with Crippen LogP contribution in [0.4, 0.5) is 0 Å². The highest BCUT2D eigenvalue weighted by atomic mass is 32.1. The van der Waals surface area contributed by atoms with E-state index in [1.165, 1.54) is 10.4 Å². The molecule has 2 aromatic rings. The van der Waals surface area contributed by atoms with Crippen molar-refractivity contribution in [3.05, 3.63) is 26.7 Å². The number of hydrogen-bond acceptors (Lipinski definition) is 4. The second-order valence-corrected chi connectivity index (χ2v) is 4.26. The standard InChI is InChI=1S/C8H10N4S2/c1-2-6-3-4-14-7(6)5-12-8(13)9-10-11-12/h3-4H,2,5H2,1H3,(H,9,11,13). The molecule has 0 aliphatic rings. The second kappa shape index (κ2) is 4.02. The SMILES string of the molecule is CCc1ccsc1Cn1[nH]nnc1=S. The molecule has 0 spiro atoms. The third-order valence-corrected chi connectivity index (χ3v) is 3.30. The zero-order chi connectivity index (χ0) is 9.97. The van der Waals surface area contributed by atoms with Crippen molar-refractivity contribution in [2.45, 2.75) is 19.9 Å². The van der Waals surface area contributed by atoms with Gasteiger partial charge >= 0.3 is 0 Å². The Bertz CT molecular complexity index is 467. The molecule has 1 N–H and O–H groups in total. The maximum absolute atomic E-state index is 5.00. The van der Waals surface area contributed by atoms with Crippen LogP contribution >= 0.6 is 23.6 Å². The Kier molecular flexibility index (Phi) is 2.74. The molecule has 2 rings (SSSR count). The Morgan fingerprint density at radius 1 is 1.64 bits per heavy atom. The third kappa shape index (κ3) is 1.76. The lowest BCUT2D eigenvalue weighted by Gasteiger charge is -2.00. The van der Waals surface area contributed by atoms with Crippen molar-refractivity contribution >= 4 is 23.6 Å². The summed E-state index contributed by atoms with van der Waals surface area (Å²) < 4.78 is 2.26. The number of tetrazole rings is 1. The predicted octanol–water partition coefficient (Wildman–Crippen LogP) is 2.01. The maximum atomic E-state index is 5.00. The van der Waals surface area contributed by atoms with Gasteiger partial charge in [0.1, 0.15) is 0 Å². The van der Waals surface area contributed by atoms with Crippen LogP contribution in [-0.4, -0.2) is 20.2 Å². The normalized spacial score (nSPS) is 10.6. The summed E-state index contributed by atoms with van der Waals surface area (Å²) in [5.74, 6) is 0. The smallest absolute Gasteiger partial charge is 0.237 e. The zero-order valence-electron chi connectivity index (χ0n) is 7.73. The lowest BCUT2D eigenvalue weighted by Crippen LogP contribution is -2.02. The minimum Gasteiger partial charge on any atom is -0.237 e. The van der Waals surface area contributed by atoms with Crippen LogP contribution in [0.3, 0.4) is 0 Å². The van der Waals surface area contributed by atoms with E-state index in [1.54, 1.807) is 16.0 Å². The van der Waals surface area contributed by atoms with Crippen molar-refractivity contribution in [3.63, 3.8) is 0 Å². The van der Waals surface area contributed by atoms with Crippen LogP contribution in [-0.2, 0) is 13.0 Å². The molecule has 0 aliphatic heterocycles. The fourth-order valence-electron chi connectivity index (χ4n) is 1.28. The Morgan fingerprint density at radius 3 is 3.14 bits per heavy atom. The van der Waals surface area contributed by atoms with Crippen molar-refractivity contribution in [2.75, 3.05) is 0 Å². The fraction of sp³-hybridized carbons (Fsp3) is 0.375. The van der Waals surface area contributed by atoms with Gasteiger partial charge in [-0.15, -0.1) is 11.3 Å². The van der Waals surface area contributed by atoms with Gasteiger partial charge in [0.25, 0.3) is 0 Å². The second-order valence-electron chi connectivity index (χ2n) is 2.89. The van der Waals surface area contributed by atoms with Crippen LogP contribution in [0.15, 0.2) is 11.4 Å². The molecule has 74 valence electrons. The highest BCUT2D eigenvalue weighted by molar-refractivity contribution is 7.71. The highest BCUT2D eigenvalue weighted by Crippen LogP contribution is 2.18. The molecule has 2 heterocycles. The molecule has 0 saturated heterocycles. The van der Waals surface area contributed by atoms with Gasteiger partial charge in [-0.2, -0.15) is 5.21 Å². The largest absolute Gasteiger partial charge is 0.238 e. The number of aryl methyl sites for hydroxylation is 1. The van der Waals surface area contributed by atoms with Crippen molar-refractivity contribution in [1.82, 2.24) is 20.2 Å². The van der Waals surface area contributed by atoms with Gasteiger partial charge in [-0.05, 0) is 35.6 Å².